The first-order chi connectivity index (χ1) is 15.8. The fourth-order valence-corrected chi connectivity index (χ4v) is 5.10. The smallest absolute Gasteiger partial charge is 0.337 e. The zero-order chi connectivity index (χ0) is 24.0. The number of carbonyl (C=O) groups excluding carboxylic acids is 2. The number of halogens is 2. The van der Waals surface area contributed by atoms with Gasteiger partial charge in [0.15, 0.2) is 5.75 Å². The van der Waals surface area contributed by atoms with E-state index in [9.17, 15) is 14.7 Å². The van der Waals surface area contributed by atoms with E-state index in [2.05, 4.69) is 48.6 Å². The predicted molar refractivity (Wildman–Crippen MR) is 137 cm³/mol. The second-order valence-electron chi connectivity index (χ2n) is 7.07. The van der Waals surface area contributed by atoms with Gasteiger partial charge < -0.3 is 19.9 Å². The van der Waals surface area contributed by atoms with Crippen LogP contribution in [0, 0.1) is 0 Å². The number of methoxy groups -OCH3 is 1. The molecule has 1 amide bonds. The van der Waals surface area contributed by atoms with Gasteiger partial charge in [-0.15, -0.1) is 8.58 Å². The van der Waals surface area contributed by atoms with Gasteiger partial charge in [0, 0.05) is 6.54 Å². The monoisotopic (exact) mass is 593 g/mol. The highest BCUT2D eigenvalue weighted by atomic mass is 79.9. The minimum atomic E-state index is -0.451. The van der Waals surface area contributed by atoms with Gasteiger partial charge in [0.1, 0.15) is 11.5 Å². The van der Waals surface area contributed by atoms with Crippen LogP contribution >= 0.6 is 40.4 Å². The third-order valence-corrected chi connectivity index (χ3v) is 6.64. The average Bonchev–Trinajstić information content (AvgIpc) is 2.81. The summed E-state index contributed by atoms with van der Waals surface area (Å²) in [5.74, 6) is -0.0375. The van der Waals surface area contributed by atoms with E-state index in [1.54, 1.807) is 30.3 Å². The highest BCUT2D eigenvalue weighted by molar-refractivity contribution is 9.11. The third-order valence-electron chi connectivity index (χ3n) is 4.70. The number of carbonyl (C=O) groups is 2. The lowest BCUT2D eigenvalue weighted by molar-refractivity contribution is 0.0600. The van der Waals surface area contributed by atoms with Crippen LogP contribution in [0.15, 0.2) is 63.5 Å². The van der Waals surface area contributed by atoms with Crippen LogP contribution in [0.25, 0.3) is 0 Å². The molecule has 1 atom stereocenters. The summed E-state index contributed by atoms with van der Waals surface area (Å²) in [7, 11) is 2.12. The molecule has 3 aromatic carbocycles. The number of hydrogen-bond acceptors (Lipinski definition) is 5. The number of esters is 1. The molecule has 0 aliphatic rings. The standard InChI is InChI=1S/C24H22Br2NO5P/c1-31-24(30)16-5-3-14(4-6-16)12-27-23(29)18-11-17(7-8-21(18)28)32-22-19(25)9-15(13-33-2)10-20(22)26/h3-11,28,33H,12-13H2,1-2H3,(H,27,29). The van der Waals surface area contributed by atoms with Crippen molar-refractivity contribution in [2.24, 2.45) is 0 Å². The van der Waals surface area contributed by atoms with Gasteiger partial charge in [0.25, 0.3) is 5.91 Å². The molecule has 0 saturated carbocycles. The molecular formula is C24H22Br2NO5P. The molecule has 0 heterocycles. The summed E-state index contributed by atoms with van der Waals surface area (Å²) < 4.78 is 12.3. The van der Waals surface area contributed by atoms with E-state index in [4.69, 9.17) is 4.74 Å². The molecule has 0 saturated heterocycles. The molecule has 33 heavy (non-hydrogen) atoms. The van der Waals surface area contributed by atoms with Gasteiger partial charge in [-0.25, -0.2) is 4.79 Å². The Labute approximate surface area is 210 Å². The number of phenolic OH excluding ortho intramolecular Hbond substituents is 1. The van der Waals surface area contributed by atoms with Crippen LogP contribution in [-0.2, 0) is 17.4 Å². The summed E-state index contributed by atoms with van der Waals surface area (Å²) in [4.78, 5) is 24.2. The fourth-order valence-electron chi connectivity index (χ4n) is 3.05. The second kappa shape index (κ2) is 11.6. The molecule has 1 unspecified atom stereocenters. The van der Waals surface area contributed by atoms with Crippen LogP contribution in [0.2, 0.25) is 0 Å². The van der Waals surface area contributed by atoms with E-state index < -0.39 is 11.9 Å². The van der Waals surface area contributed by atoms with Crippen LogP contribution in [0.1, 0.15) is 31.8 Å². The maximum Gasteiger partial charge on any atom is 0.337 e. The van der Waals surface area contributed by atoms with Crippen LogP contribution in [0.3, 0.4) is 0 Å². The van der Waals surface area contributed by atoms with E-state index in [0.717, 1.165) is 29.3 Å². The van der Waals surface area contributed by atoms with Crippen molar-refractivity contribution in [2.45, 2.75) is 12.7 Å². The number of ether oxygens (including phenoxy) is 2. The van der Waals surface area contributed by atoms with E-state index in [0.29, 0.717) is 17.1 Å². The van der Waals surface area contributed by atoms with E-state index >= 15 is 0 Å². The lowest BCUT2D eigenvalue weighted by Crippen LogP contribution is -2.23. The Morgan fingerprint density at radius 1 is 1.00 bits per heavy atom. The van der Waals surface area contributed by atoms with Crippen molar-refractivity contribution in [1.82, 2.24) is 5.32 Å². The maximum absolute atomic E-state index is 12.7. The largest absolute Gasteiger partial charge is 0.507 e. The van der Waals surface area contributed by atoms with E-state index in [1.165, 1.54) is 24.8 Å². The summed E-state index contributed by atoms with van der Waals surface area (Å²) in [6.45, 7) is 2.37. The molecule has 0 aliphatic heterocycles. The Hall–Kier alpha value is -2.41. The number of rotatable bonds is 8. The molecule has 0 spiro atoms. The maximum atomic E-state index is 12.7. The molecule has 0 aromatic heterocycles. The van der Waals surface area contributed by atoms with Crippen molar-refractivity contribution in [3.8, 4) is 17.2 Å². The Kier molecular flexibility index (Phi) is 8.89. The highest BCUT2D eigenvalue weighted by Gasteiger charge is 2.15. The Morgan fingerprint density at radius 3 is 2.27 bits per heavy atom. The molecule has 9 heteroatoms. The Morgan fingerprint density at radius 2 is 1.67 bits per heavy atom. The normalized spacial score (nSPS) is 10.9. The molecule has 172 valence electrons. The quantitative estimate of drug-likeness (QED) is 0.238. The molecule has 0 fully saturated rings. The number of nitrogens with one attached hydrogen (secondary N) is 1. The van der Waals surface area contributed by atoms with Crippen molar-refractivity contribution in [2.75, 3.05) is 13.8 Å². The van der Waals surface area contributed by atoms with Gasteiger partial charge >= 0.3 is 5.97 Å². The number of amides is 1. The van der Waals surface area contributed by atoms with E-state index in [1.807, 2.05) is 12.1 Å². The average molecular weight is 595 g/mol. The first kappa shape index (κ1) is 25.2. The van der Waals surface area contributed by atoms with Crippen molar-refractivity contribution < 1.29 is 24.2 Å². The predicted octanol–water partition coefficient (Wildman–Crippen LogP) is 6.23. The van der Waals surface area contributed by atoms with Crippen LogP contribution in [-0.4, -0.2) is 30.8 Å². The van der Waals surface area contributed by atoms with Crippen LogP contribution in [0.5, 0.6) is 17.2 Å². The van der Waals surface area contributed by atoms with Crippen molar-refractivity contribution in [1.29, 1.82) is 0 Å². The molecule has 0 radical (unpaired) electrons. The number of hydrogen-bond donors (Lipinski definition) is 2. The van der Waals surface area contributed by atoms with Gasteiger partial charge in [-0.2, -0.15) is 0 Å². The van der Waals surface area contributed by atoms with Crippen LogP contribution < -0.4 is 10.1 Å². The Balaban J connectivity index is 1.72. The van der Waals surface area contributed by atoms with Crippen molar-refractivity contribution in [3.05, 3.63) is 85.8 Å². The summed E-state index contributed by atoms with van der Waals surface area (Å²) in [5.41, 5.74) is 2.50. The minimum Gasteiger partial charge on any atom is -0.507 e. The molecule has 3 aromatic rings. The van der Waals surface area contributed by atoms with Gasteiger partial charge in [-0.1, -0.05) is 12.1 Å². The zero-order valence-corrected chi connectivity index (χ0v) is 22.1. The third kappa shape index (κ3) is 6.56. The fraction of sp³-hybridized carbons (Fsp3) is 0.167. The highest BCUT2D eigenvalue weighted by Crippen LogP contribution is 2.39. The first-order valence-electron chi connectivity index (χ1n) is 9.91. The van der Waals surface area contributed by atoms with Gasteiger partial charge in [0.05, 0.1) is 27.2 Å². The lowest BCUT2D eigenvalue weighted by Gasteiger charge is -2.13. The number of aromatic hydroxyl groups is 1. The van der Waals surface area contributed by atoms with Gasteiger partial charge in [0.2, 0.25) is 0 Å². The summed E-state index contributed by atoms with van der Waals surface area (Å²) in [5, 5.41) is 13.0. The molecule has 6 nitrogen and oxygen atoms in total. The van der Waals surface area contributed by atoms with Crippen molar-refractivity contribution in [3.63, 3.8) is 0 Å². The topological polar surface area (TPSA) is 84.9 Å². The molecule has 0 bridgehead atoms. The van der Waals surface area contributed by atoms with Crippen LogP contribution in [0.4, 0.5) is 0 Å². The molecule has 2 N–H and O–H groups in total. The number of benzene rings is 3. The zero-order valence-electron chi connectivity index (χ0n) is 17.9. The van der Waals surface area contributed by atoms with Gasteiger partial charge in [-0.05, 0) is 98.3 Å². The summed E-state index contributed by atoms with van der Waals surface area (Å²) >= 11 is 7.09. The molecular weight excluding hydrogens is 573 g/mol. The first-order valence-corrected chi connectivity index (χ1v) is 13.2. The van der Waals surface area contributed by atoms with E-state index in [-0.39, 0.29) is 17.9 Å². The SMILES string of the molecule is COC(=O)c1ccc(CNC(=O)c2cc(Oc3c(Br)cc(CPC)cc3Br)ccc2O)cc1. The number of phenols is 1. The summed E-state index contributed by atoms with van der Waals surface area (Å²) in [6.07, 6.45) is 0.979. The Bertz CT molecular complexity index is 1150. The molecule has 3 rings (SSSR count). The summed E-state index contributed by atoms with van der Waals surface area (Å²) in [6, 6.07) is 15.2. The van der Waals surface area contributed by atoms with Crippen molar-refractivity contribution >= 4 is 52.3 Å². The molecule has 0 aliphatic carbocycles. The second-order valence-corrected chi connectivity index (χ2v) is 9.84. The lowest BCUT2D eigenvalue weighted by atomic mass is 10.1. The van der Waals surface area contributed by atoms with Gasteiger partial charge in [-0.3, -0.25) is 4.79 Å². The minimum absolute atomic E-state index is 0.0923.